The number of para-hydroxylation sites is 2. The number of aromatic nitrogens is 2. The number of imidazole rings is 1. The second-order valence-electron chi connectivity index (χ2n) is 7.22. The standard InChI is InChI=1S/C23H30N4/c1-5-8-14-26(15-9-6-2)23-18(7-3)17(4)19(16-24)22-25-20-12-10-11-13-21(20)27(22)23/h10-13H,5-9,14-15H2,1-4H3. The Morgan fingerprint density at radius 3 is 2.33 bits per heavy atom. The van der Waals surface area contributed by atoms with Crippen LogP contribution >= 0.6 is 0 Å². The van der Waals surface area contributed by atoms with Gasteiger partial charge in [0.25, 0.3) is 0 Å². The van der Waals surface area contributed by atoms with Gasteiger partial charge in [-0.1, -0.05) is 45.7 Å². The van der Waals surface area contributed by atoms with Crippen LogP contribution in [0, 0.1) is 18.3 Å². The van der Waals surface area contributed by atoms with E-state index in [9.17, 15) is 5.26 Å². The van der Waals surface area contributed by atoms with Crippen molar-refractivity contribution in [3.05, 3.63) is 41.0 Å². The Hall–Kier alpha value is -2.54. The van der Waals surface area contributed by atoms with Crippen LogP contribution in [0.3, 0.4) is 0 Å². The first-order valence-corrected chi connectivity index (χ1v) is 10.2. The van der Waals surface area contributed by atoms with Gasteiger partial charge in [0.1, 0.15) is 11.9 Å². The van der Waals surface area contributed by atoms with Gasteiger partial charge < -0.3 is 4.90 Å². The lowest BCUT2D eigenvalue weighted by atomic mass is 10.0. The van der Waals surface area contributed by atoms with Gasteiger partial charge in [-0.2, -0.15) is 5.26 Å². The Labute approximate surface area is 162 Å². The third-order valence-electron chi connectivity index (χ3n) is 5.42. The molecule has 0 saturated carbocycles. The summed E-state index contributed by atoms with van der Waals surface area (Å²) in [6.45, 7) is 10.8. The molecule has 0 bridgehead atoms. The first-order valence-electron chi connectivity index (χ1n) is 10.2. The topological polar surface area (TPSA) is 44.3 Å². The molecule has 0 aliphatic rings. The monoisotopic (exact) mass is 362 g/mol. The van der Waals surface area contributed by atoms with Crippen molar-refractivity contribution in [3.63, 3.8) is 0 Å². The van der Waals surface area contributed by atoms with E-state index in [1.54, 1.807) is 0 Å². The van der Waals surface area contributed by atoms with E-state index in [4.69, 9.17) is 4.98 Å². The number of hydrogen-bond donors (Lipinski definition) is 0. The lowest BCUT2D eigenvalue weighted by Crippen LogP contribution is -2.29. The summed E-state index contributed by atoms with van der Waals surface area (Å²) >= 11 is 0. The van der Waals surface area contributed by atoms with Gasteiger partial charge >= 0.3 is 0 Å². The highest BCUT2D eigenvalue weighted by molar-refractivity contribution is 5.86. The van der Waals surface area contributed by atoms with E-state index in [0.717, 1.165) is 41.8 Å². The molecule has 0 spiro atoms. The zero-order chi connectivity index (χ0) is 19.4. The molecule has 4 nitrogen and oxygen atoms in total. The van der Waals surface area contributed by atoms with Gasteiger partial charge in [0.05, 0.1) is 16.6 Å². The maximum Gasteiger partial charge on any atom is 0.157 e. The predicted octanol–water partition coefficient (Wildman–Crippen LogP) is 5.64. The third kappa shape index (κ3) is 3.39. The third-order valence-corrected chi connectivity index (χ3v) is 5.42. The van der Waals surface area contributed by atoms with Gasteiger partial charge in [-0.3, -0.25) is 4.40 Å². The van der Waals surface area contributed by atoms with E-state index in [1.807, 2.05) is 12.1 Å². The average molecular weight is 363 g/mol. The van der Waals surface area contributed by atoms with Crippen molar-refractivity contribution >= 4 is 22.5 Å². The Balaban J connectivity index is 2.39. The Kier molecular flexibility index (Phi) is 6.01. The van der Waals surface area contributed by atoms with Crippen LogP contribution in [0.2, 0.25) is 0 Å². The number of pyridine rings is 1. The number of anilines is 1. The lowest BCUT2D eigenvalue weighted by Gasteiger charge is -2.29. The molecule has 0 fully saturated rings. The first-order chi connectivity index (χ1) is 13.2. The van der Waals surface area contributed by atoms with Crippen LogP contribution in [-0.4, -0.2) is 22.5 Å². The SMILES string of the molecule is CCCCN(CCCC)c1c(CC)c(C)c(C#N)c2nc3ccccc3n12. The van der Waals surface area contributed by atoms with Crippen LogP contribution in [0.5, 0.6) is 0 Å². The fraction of sp³-hybridized carbons (Fsp3) is 0.478. The number of nitriles is 1. The Morgan fingerprint density at radius 2 is 1.74 bits per heavy atom. The maximum atomic E-state index is 9.86. The fourth-order valence-corrected chi connectivity index (χ4v) is 3.94. The van der Waals surface area contributed by atoms with Crippen molar-refractivity contribution in [2.75, 3.05) is 18.0 Å². The fourth-order valence-electron chi connectivity index (χ4n) is 3.94. The molecule has 0 atom stereocenters. The number of nitrogens with zero attached hydrogens (tertiary/aromatic N) is 4. The number of unbranched alkanes of at least 4 members (excludes halogenated alkanes) is 2. The minimum atomic E-state index is 0.706. The molecule has 0 aliphatic heterocycles. The molecule has 0 N–H and O–H groups in total. The minimum absolute atomic E-state index is 0.706. The lowest BCUT2D eigenvalue weighted by molar-refractivity contribution is 0.665. The zero-order valence-corrected chi connectivity index (χ0v) is 17.0. The molecule has 2 aromatic heterocycles. The molecule has 2 heterocycles. The van der Waals surface area contributed by atoms with Crippen molar-refractivity contribution in [3.8, 4) is 6.07 Å². The zero-order valence-electron chi connectivity index (χ0n) is 17.0. The highest BCUT2D eigenvalue weighted by atomic mass is 15.2. The maximum absolute atomic E-state index is 9.86. The molecule has 3 rings (SSSR count). The predicted molar refractivity (Wildman–Crippen MR) is 114 cm³/mol. The quantitative estimate of drug-likeness (QED) is 0.521. The summed E-state index contributed by atoms with van der Waals surface area (Å²) in [5.74, 6) is 1.24. The molecule has 1 aromatic carbocycles. The van der Waals surface area contributed by atoms with Gasteiger partial charge in [0.2, 0.25) is 0 Å². The van der Waals surface area contributed by atoms with Gasteiger partial charge in [-0.05, 0) is 49.4 Å². The molecule has 0 saturated heterocycles. The largest absolute Gasteiger partial charge is 0.357 e. The van der Waals surface area contributed by atoms with E-state index in [0.29, 0.717) is 5.56 Å². The van der Waals surface area contributed by atoms with E-state index >= 15 is 0 Å². The molecule has 3 aromatic rings. The number of hydrogen-bond acceptors (Lipinski definition) is 3. The van der Waals surface area contributed by atoms with Crippen LogP contribution in [0.15, 0.2) is 24.3 Å². The Morgan fingerprint density at radius 1 is 1.07 bits per heavy atom. The van der Waals surface area contributed by atoms with Crippen molar-refractivity contribution < 1.29 is 0 Å². The highest BCUT2D eigenvalue weighted by Gasteiger charge is 2.23. The van der Waals surface area contributed by atoms with Crippen molar-refractivity contribution in [2.24, 2.45) is 0 Å². The molecule has 0 amide bonds. The summed E-state index contributed by atoms with van der Waals surface area (Å²) in [6, 6.07) is 10.7. The highest BCUT2D eigenvalue weighted by Crippen LogP contribution is 2.33. The molecular weight excluding hydrogens is 332 g/mol. The summed E-state index contributed by atoms with van der Waals surface area (Å²) in [4.78, 5) is 7.37. The number of benzene rings is 1. The minimum Gasteiger partial charge on any atom is -0.357 e. The molecular formula is C23H30N4. The molecule has 0 radical (unpaired) electrons. The van der Waals surface area contributed by atoms with Crippen LogP contribution in [0.25, 0.3) is 16.7 Å². The summed E-state index contributed by atoms with van der Waals surface area (Å²) in [7, 11) is 0. The first kappa shape index (κ1) is 19.2. The van der Waals surface area contributed by atoms with Crippen LogP contribution in [0.4, 0.5) is 5.82 Å². The molecule has 27 heavy (non-hydrogen) atoms. The van der Waals surface area contributed by atoms with Crippen molar-refractivity contribution in [2.45, 2.75) is 59.8 Å². The molecule has 4 heteroatoms. The summed E-state index contributed by atoms with van der Waals surface area (Å²) in [5.41, 5.74) is 5.89. The van der Waals surface area contributed by atoms with Crippen LogP contribution in [0.1, 0.15) is 63.1 Å². The van der Waals surface area contributed by atoms with E-state index in [2.05, 4.69) is 55.2 Å². The second kappa shape index (κ2) is 8.43. The van der Waals surface area contributed by atoms with Crippen LogP contribution in [-0.2, 0) is 6.42 Å². The van der Waals surface area contributed by atoms with E-state index in [1.165, 1.54) is 37.1 Å². The van der Waals surface area contributed by atoms with Gasteiger partial charge in [-0.15, -0.1) is 0 Å². The normalized spacial score (nSPS) is 11.2. The Bertz CT molecular complexity index is 970. The van der Waals surface area contributed by atoms with Crippen molar-refractivity contribution in [1.82, 2.24) is 9.38 Å². The smallest absolute Gasteiger partial charge is 0.157 e. The molecule has 0 unspecified atom stereocenters. The number of fused-ring (bicyclic) bond motifs is 3. The van der Waals surface area contributed by atoms with Crippen LogP contribution < -0.4 is 4.90 Å². The molecule has 142 valence electrons. The van der Waals surface area contributed by atoms with Gasteiger partial charge in [0.15, 0.2) is 5.65 Å². The second-order valence-corrected chi connectivity index (χ2v) is 7.22. The molecule has 0 aliphatic carbocycles. The summed E-state index contributed by atoms with van der Waals surface area (Å²) in [6.07, 6.45) is 5.59. The van der Waals surface area contributed by atoms with E-state index < -0.39 is 0 Å². The number of rotatable bonds is 8. The average Bonchev–Trinajstić information content (AvgIpc) is 3.06. The summed E-state index contributed by atoms with van der Waals surface area (Å²) < 4.78 is 2.24. The summed E-state index contributed by atoms with van der Waals surface area (Å²) in [5, 5.41) is 9.86. The van der Waals surface area contributed by atoms with Gasteiger partial charge in [-0.25, -0.2) is 4.98 Å². The van der Waals surface area contributed by atoms with E-state index in [-0.39, 0.29) is 0 Å². The van der Waals surface area contributed by atoms with Gasteiger partial charge in [0, 0.05) is 13.1 Å². The van der Waals surface area contributed by atoms with Crippen molar-refractivity contribution in [1.29, 1.82) is 5.26 Å².